The van der Waals surface area contributed by atoms with E-state index in [1.165, 1.54) is 24.3 Å². The van der Waals surface area contributed by atoms with E-state index in [4.69, 9.17) is 0 Å². The highest BCUT2D eigenvalue weighted by Crippen LogP contribution is 2.13. The number of hydrogen-bond acceptors (Lipinski definition) is 2. The second-order valence-corrected chi connectivity index (χ2v) is 6.26. The van der Waals surface area contributed by atoms with Gasteiger partial charge in [-0.3, -0.25) is 9.59 Å². The zero-order valence-corrected chi connectivity index (χ0v) is 14.0. The number of carbonyl (C=O) groups is 2. The highest BCUT2D eigenvalue weighted by Gasteiger charge is 2.28. The summed E-state index contributed by atoms with van der Waals surface area (Å²) in [4.78, 5) is 27.1. The van der Waals surface area contributed by atoms with Gasteiger partial charge in [-0.1, -0.05) is 30.3 Å². The van der Waals surface area contributed by atoms with E-state index in [0.29, 0.717) is 12.0 Å². The quantitative estimate of drug-likeness (QED) is 0.910. The van der Waals surface area contributed by atoms with Crippen molar-refractivity contribution in [2.75, 3.05) is 13.1 Å². The fourth-order valence-corrected chi connectivity index (χ4v) is 3.05. The third-order valence-corrected chi connectivity index (χ3v) is 4.41. The van der Waals surface area contributed by atoms with Crippen molar-refractivity contribution in [2.24, 2.45) is 0 Å². The summed E-state index contributed by atoms with van der Waals surface area (Å²) in [6, 6.07) is 14.3. The molecule has 0 aliphatic carbocycles. The first kappa shape index (κ1) is 17.1. The van der Waals surface area contributed by atoms with Crippen molar-refractivity contribution in [3.8, 4) is 0 Å². The van der Waals surface area contributed by atoms with Crippen LogP contribution in [0.2, 0.25) is 0 Å². The highest BCUT2D eigenvalue weighted by molar-refractivity contribution is 5.97. The molecule has 1 saturated heterocycles. The predicted octanol–water partition coefficient (Wildman–Crippen LogP) is 2.79. The summed E-state index contributed by atoms with van der Waals surface area (Å²) >= 11 is 0. The van der Waals surface area contributed by atoms with E-state index in [0.717, 1.165) is 31.5 Å². The first-order chi connectivity index (χ1) is 12.1. The van der Waals surface area contributed by atoms with Gasteiger partial charge in [-0.2, -0.15) is 0 Å². The number of benzene rings is 2. The molecule has 0 unspecified atom stereocenters. The molecular weight excluding hydrogens is 319 g/mol. The van der Waals surface area contributed by atoms with E-state index in [1.54, 1.807) is 4.90 Å². The molecule has 0 spiro atoms. The molecule has 130 valence electrons. The van der Waals surface area contributed by atoms with Gasteiger partial charge in [0.15, 0.2) is 0 Å². The average Bonchev–Trinajstić information content (AvgIpc) is 3.16. The first-order valence-corrected chi connectivity index (χ1v) is 8.52. The molecular formula is C20H21FN2O2. The smallest absolute Gasteiger partial charge is 0.251 e. The summed E-state index contributed by atoms with van der Waals surface area (Å²) in [5, 5.41) is 2.83. The van der Waals surface area contributed by atoms with Crippen molar-refractivity contribution in [1.29, 1.82) is 0 Å². The Hall–Kier alpha value is -2.69. The molecule has 1 fully saturated rings. The zero-order valence-electron chi connectivity index (χ0n) is 14.0. The first-order valence-electron chi connectivity index (χ1n) is 8.52. The molecule has 2 aromatic rings. The Labute approximate surface area is 146 Å². The number of hydrogen-bond donors (Lipinski definition) is 1. The molecule has 1 aliphatic rings. The van der Waals surface area contributed by atoms with Crippen LogP contribution < -0.4 is 5.32 Å². The Morgan fingerprint density at radius 1 is 1.00 bits per heavy atom. The van der Waals surface area contributed by atoms with Gasteiger partial charge in [-0.25, -0.2) is 4.39 Å². The van der Waals surface area contributed by atoms with Crippen molar-refractivity contribution in [2.45, 2.75) is 25.3 Å². The monoisotopic (exact) mass is 340 g/mol. The van der Waals surface area contributed by atoms with Crippen LogP contribution in [0, 0.1) is 5.82 Å². The van der Waals surface area contributed by atoms with E-state index >= 15 is 0 Å². The number of carbonyl (C=O) groups excluding carboxylic acids is 2. The van der Waals surface area contributed by atoms with Crippen LogP contribution in [0.5, 0.6) is 0 Å². The van der Waals surface area contributed by atoms with Crippen LogP contribution in [0.3, 0.4) is 0 Å². The third kappa shape index (κ3) is 4.44. The minimum Gasteiger partial charge on any atom is -0.341 e. The van der Waals surface area contributed by atoms with Gasteiger partial charge in [0.2, 0.25) is 5.91 Å². The van der Waals surface area contributed by atoms with Crippen LogP contribution in [0.15, 0.2) is 54.6 Å². The molecule has 1 N–H and O–H groups in total. The molecule has 1 aliphatic heterocycles. The molecule has 3 rings (SSSR count). The van der Waals surface area contributed by atoms with Gasteiger partial charge in [-0.15, -0.1) is 0 Å². The Balaban J connectivity index is 1.76. The summed E-state index contributed by atoms with van der Waals surface area (Å²) in [5.74, 6) is -0.823. The molecule has 1 heterocycles. The van der Waals surface area contributed by atoms with E-state index < -0.39 is 11.9 Å². The van der Waals surface area contributed by atoms with Crippen molar-refractivity contribution in [1.82, 2.24) is 10.2 Å². The lowest BCUT2D eigenvalue weighted by Crippen LogP contribution is -2.49. The van der Waals surface area contributed by atoms with Gasteiger partial charge in [-0.05, 0) is 42.7 Å². The molecule has 2 amide bonds. The second-order valence-electron chi connectivity index (χ2n) is 6.26. The Morgan fingerprint density at radius 2 is 1.64 bits per heavy atom. The fourth-order valence-electron chi connectivity index (χ4n) is 3.05. The van der Waals surface area contributed by atoms with Gasteiger partial charge in [0, 0.05) is 25.1 Å². The predicted molar refractivity (Wildman–Crippen MR) is 93.6 cm³/mol. The lowest BCUT2D eigenvalue weighted by atomic mass is 10.0. The van der Waals surface area contributed by atoms with Crippen LogP contribution >= 0.6 is 0 Å². The van der Waals surface area contributed by atoms with Crippen LogP contribution in [-0.4, -0.2) is 35.8 Å². The molecule has 0 aromatic heterocycles. The third-order valence-electron chi connectivity index (χ3n) is 4.41. The molecule has 2 aromatic carbocycles. The molecule has 25 heavy (non-hydrogen) atoms. The van der Waals surface area contributed by atoms with Crippen molar-refractivity contribution in [3.63, 3.8) is 0 Å². The maximum absolute atomic E-state index is 13.0. The van der Waals surface area contributed by atoms with Crippen LogP contribution in [0.1, 0.15) is 28.8 Å². The van der Waals surface area contributed by atoms with Crippen molar-refractivity contribution in [3.05, 3.63) is 71.5 Å². The van der Waals surface area contributed by atoms with Gasteiger partial charge in [0.05, 0.1) is 0 Å². The van der Waals surface area contributed by atoms with Crippen molar-refractivity contribution < 1.29 is 14.0 Å². The molecule has 0 bridgehead atoms. The topological polar surface area (TPSA) is 49.4 Å². The van der Waals surface area contributed by atoms with Gasteiger partial charge in [0.25, 0.3) is 5.91 Å². The normalized spacial score (nSPS) is 15.0. The fraction of sp³-hybridized carbons (Fsp3) is 0.300. The number of nitrogens with one attached hydrogen (secondary N) is 1. The highest BCUT2D eigenvalue weighted by atomic mass is 19.1. The minimum atomic E-state index is -0.627. The van der Waals surface area contributed by atoms with Crippen LogP contribution in [0.4, 0.5) is 4.39 Å². The maximum atomic E-state index is 13.0. The summed E-state index contributed by atoms with van der Waals surface area (Å²) in [6.45, 7) is 1.47. The number of amides is 2. The van der Waals surface area contributed by atoms with Gasteiger partial charge < -0.3 is 10.2 Å². The van der Waals surface area contributed by atoms with Crippen molar-refractivity contribution >= 4 is 11.8 Å². The molecule has 0 radical (unpaired) electrons. The molecule has 1 atom stereocenters. The van der Waals surface area contributed by atoms with Gasteiger partial charge in [0.1, 0.15) is 11.9 Å². The van der Waals surface area contributed by atoms with Gasteiger partial charge >= 0.3 is 0 Å². The van der Waals surface area contributed by atoms with E-state index in [2.05, 4.69) is 5.32 Å². The SMILES string of the molecule is O=C(N[C@@H](Cc1ccccc1)C(=O)N1CCCC1)c1ccc(F)cc1. The Kier molecular flexibility index (Phi) is 5.43. The average molecular weight is 340 g/mol. The maximum Gasteiger partial charge on any atom is 0.251 e. The Bertz CT molecular complexity index is 725. The number of halogens is 1. The number of likely N-dealkylation sites (tertiary alicyclic amines) is 1. The number of rotatable bonds is 5. The number of nitrogens with zero attached hydrogens (tertiary/aromatic N) is 1. The van der Waals surface area contributed by atoms with Crippen LogP contribution in [-0.2, 0) is 11.2 Å². The molecule has 0 saturated carbocycles. The minimum absolute atomic E-state index is 0.0585. The van der Waals surface area contributed by atoms with E-state index in [1.807, 2.05) is 30.3 Å². The summed E-state index contributed by atoms with van der Waals surface area (Å²) in [5.41, 5.74) is 1.33. The largest absolute Gasteiger partial charge is 0.341 e. The summed E-state index contributed by atoms with van der Waals surface area (Å²) in [7, 11) is 0. The zero-order chi connectivity index (χ0) is 17.6. The van der Waals surface area contributed by atoms with E-state index in [-0.39, 0.29) is 11.8 Å². The molecule has 5 heteroatoms. The lowest BCUT2D eigenvalue weighted by molar-refractivity contribution is -0.132. The standard InChI is InChI=1S/C20H21FN2O2/c21-17-10-8-16(9-11-17)19(24)22-18(14-15-6-2-1-3-7-15)20(25)23-12-4-5-13-23/h1-3,6-11,18H,4-5,12-14H2,(H,22,24)/t18-/m0/s1. The second kappa shape index (κ2) is 7.92. The Morgan fingerprint density at radius 3 is 2.28 bits per heavy atom. The van der Waals surface area contributed by atoms with E-state index in [9.17, 15) is 14.0 Å². The lowest BCUT2D eigenvalue weighted by Gasteiger charge is -2.24. The molecule has 4 nitrogen and oxygen atoms in total. The summed E-state index contributed by atoms with van der Waals surface area (Å²) in [6.07, 6.45) is 2.43. The summed E-state index contributed by atoms with van der Waals surface area (Å²) < 4.78 is 13.0. The van der Waals surface area contributed by atoms with Crippen LogP contribution in [0.25, 0.3) is 0 Å².